The lowest BCUT2D eigenvalue weighted by molar-refractivity contribution is 0.297. The van der Waals surface area contributed by atoms with Gasteiger partial charge in [-0.2, -0.15) is 9.97 Å². The highest BCUT2D eigenvalue weighted by Crippen LogP contribution is 2.23. The maximum absolute atomic E-state index is 11.4. The highest BCUT2D eigenvalue weighted by atomic mass is 32.2. The molecule has 144 valence electrons. The van der Waals surface area contributed by atoms with Gasteiger partial charge in [-0.15, -0.1) is 0 Å². The molecule has 0 aliphatic carbocycles. The second kappa shape index (κ2) is 7.47. The Morgan fingerprint density at radius 1 is 1.22 bits per heavy atom. The van der Waals surface area contributed by atoms with Crippen LogP contribution in [0.15, 0.2) is 30.6 Å². The fourth-order valence-electron chi connectivity index (χ4n) is 2.66. The average Bonchev–Trinajstić information content (AvgIpc) is 2.93. The second-order valence-electron chi connectivity index (χ2n) is 6.41. The number of anilines is 1. The molecule has 0 radical (unpaired) electrons. The molecule has 0 spiro atoms. The Labute approximate surface area is 156 Å². The Bertz CT molecular complexity index is 1060. The zero-order valence-electron chi connectivity index (χ0n) is 15.0. The van der Waals surface area contributed by atoms with E-state index in [1.807, 2.05) is 38.4 Å². The largest absolute Gasteiger partial charge is 0.471 e. The van der Waals surface area contributed by atoms with Crippen LogP contribution in [0.25, 0.3) is 11.2 Å². The van der Waals surface area contributed by atoms with Crippen LogP contribution in [0.5, 0.6) is 5.88 Å². The van der Waals surface area contributed by atoms with Crippen molar-refractivity contribution >= 4 is 27.1 Å². The molecule has 1 aromatic carbocycles. The third-order valence-electron chi connectivity index (χ3n) is 3.63. The highest BCUT2D eigenvalue weighted by molar-refractivity contribution is 7.88. The molecular formula is C16H21N7O3S. The lowest BCUT2D eigenvalue weighted by Gasteiger charge is -2.11. The van der Waals surface area contributed by atoms with Gasteiger partial charge in [-0.1, -0.05) is 24.3 Å². The molecule has 27 heavy (non-hydrogen) atoms. The summed E-state index contributed by atoms with van der Waals surface area (Å²) in [6, 6.07) is 7.99. The third kappa shape index (κ3) is 4.90. The van der Waals surface area contributed by atoms with E-state index in [4.69, 9.17) is 15.6 Å². The van der Waals surface area contributed by atoms with Crippen molar-refractivity contribution in [2.75, 3.05) is 19.8 Å². The number of nitrogen functional groups attached to an aromatic ring is 1. The van der Waals surface area contributed by atoms with Crippen LogP contribution in [0.3, 0.4) is 0 Å². The lowest BCUT2D eigenvalue weighted by atomic mass is 10.1. The van der Waals surface area contributed by atoms with E-state index < -0.39 is 15.9 Å². The molecule has 0 atom stereocenters. The van der Waals surface area contributed by atoms with Crippen LogP contribution in [0.4, 0.5) is 5.95 Å². The van der Waals surface area contributed by atoms with Crippen molar-refractivity contribution in [2.24, 2.45) is 5.14 Å². The molecule has 11 heteroatoms. The van der Waals surface area contributed by atoms with E-state index in [-0.39, 0.29) is 24.1 Å². The first-order chi connectivity index (χ1) is 12.7. The predicted octanol–water partition coefficient (Wildman–Crippen LogP) is 0.295. The minimum Gasteiger partial charge on any atom is -0.471 e. The van der Waals surface area contributed by atoms with Crippen LogP contribution >= 0.6 is 0 Å². The fraction of sp³-hybridized carbons (Fsp3) is 0.312. The number of nitrogens with two attached hydrogens (primary N) is 2. The number of hydrogen-bond donors (Lipinski definition) is 2. The van der Waals surface area contributed by atoms with Gasteiger partial charge in [-0.05, 0) is 25.2 Å². The van der Waals surface area contributed by atoms with Gasteiger partial charge in [0.1, 0.15) is 12.5 Å². The predicted molar refractivity (Wildman–Crippen MR) is 101 cm³/mol. The monoisotopic (exact) mass is 391 g/mol. The molecule has 2 heterocycles. The summed E-state index contributed by atoms with van der Waals surface area (Å²) in [5.74, 6) is -0.329. The van der Waals surface area contributed by atoms with E-state index in [9.17, 15) is 8.42 Å². The first kappa shape index (κ1) is 19.0. The molecular weight excluding hydrogens is 370 g/mol. The smallest absolute Gasteiger partial charge is 0.247 e. The van der Waals surface area contributed by atoms with Crippen LogP contribution in [-0.4, -0.2) is 46.9 Å². The molecule has 0 amide bonds. The molecule has 4 N–H and O–H groups in total. The van der Waals surface area contributed by atoms with Gasteiger partial charge in [0.15, 0.2) is 11.2 Å². The number of ether oxygens (including phenoxy) is 1. The van der Waals surface area contributed by atoms with Crippen molar-refractivity contribution in [1.29, 1.82) is 0 Å². The number of sulfonamides is 1. The van der Waals surface area contributed by atoms with Gasteiger partial charge in [0.2, 0.25) is 21.9 Å². The van der Waals surface area contributed by atoms with Crippen LogP contribution in [0.1, 0.15) is 11.1 Å². The Kier molecular flexibility index (Phi) is 5.26. The number of aromatic nitrogens is 4. The van der Waals surface area contributed by atoms with E-state index in [0.717, 1.165) is 17.7 Å². The molecule has 0 unspecified atom stereocenters. The second-order valence-corrected chi connectivity index (χ2v) is 8.00. The number of primary sulfonamides is 1. The first-order valence-corrected chi connectivity index (χ1v) is 9.77. The Morgan fingerprint density at radius 3 is 2.67 bits per heavy atom. The third-order valence-corrected chi connectivity index (χ3v) is 4.27. The van der Waals surface area contributed by atoms with Crippen LogP contribution in [-0.2, 0) is 29.1 Å². The van der Waals surface area contributed by atoms with E-state index >= 15 is 0 Å². The van der Waals surface area contributed by atoms with Crippen molar-refractivity contribution in [3.63, 3.8) is 0 Å². The zero-order chi connectivity index (χ0) is 19.6. The van der Waals surface area contributed by atoms with Crippen LogP contribution in [0.2, 0.25) is 0 Å². The maximum Gasteiger partial charge on any atom is 0.247 e. The summed E-state index contributed by atoms with van der Waals surface area (Å²) in [7, 11) is 0.246. The average molecular weight is 391 g/mol. The Hall–Kier alpha value is -2.76. The summed E-state index contributed by atoms with van der Waals surface area (Å²) in [6.07, 6.45) is 1.31. The summed E-state index contributed by atoms with van der Waals surface area (Å²) in [5.41, 5.74) is 8.42. The summed E-state index contributed by atoms with van der Waals surface area (Å²) in [4.78, 5) is 14.3. The molecule has 0 saturated carbocycles. The van der Waals surface area contributed by atoms with E-state index in [1.165, 1.54) is 10.9 Å². The summed E-state index contributed by atoms with van der Waals surface area (Å²) in [6.45, 7) is 1.07. The summed E-state index contributed by atoms with van der Waals surface area (Å²) in [5, 5.41) is 5.09. The molecule has 0 aliphatic rings. The standard InChI is InChI=1S/C16H21N7O3S/c1-22(2)7-11-4-3-5-12(6-11)8-26-15-13-14(20-16(17)21-15)23(9-19-13)10-27(18,24)25/h3-6,9H,7-8,10H2,1-2H3,(H2,17,20,21)(H2,18,24,25). The molecule has 0 saturated heterocycles. The molecule has 3 aromatic rings. The zero-order valence-corrected chi connectivity index (χ0v) is 15.8. The maximum atomic E-state index is 11.4. The van der Waals surface area contributed by atoms with Gasteiger partial charge < -0.3 is 15.4 Å². The lowest BCUT2D eigenvalue weighted by Crippen LogP contribution is -2.19. The van der Waals surface area contributed by atoms with Gasteiger partial charge in [0.05, 0.1) is 6.33 Å². The summed E-state index contributed by atoms with van der Waals surface area (Å²) < 4.78 is 29.8. The Morgan fingerprint density at radius 2 is 1.96 bits per heavy atom. The van der Waals surface area contributed by atoms with E-state index in [1.54, 1.807) is 0 Å². The molecule has 0 fully saturated rings. The number of rotatable bonds is 7. The number of imidazole rings is 1. The van der Waals surface area contributed by atoms with Gasteiger partial charge in [-0.25, -0.2) is 18.5 Å². The van der Waals surface area contributed by atoms with Gasteiger partial charge in [-0.3, -0.25) is 4.57 Å². The molecule has 10 nitrogen and oxygen atoms in total. The topological polar surface area (TPSA) is 142 Å². The van der Waals surface area contributed by atoms with E-state index in [2.05, 4.69) is 19.9 Å². The van der Waals surface area contributed by atoms with Gasteiger partial charge >= 0.3 is 0 Å². The molecule has 0 aliphatic heterocycles. The fourth-order valence-corrected chi connectivity index (χ4v) is 3.23. The van der Waals surface area contributed by atoms with Crippen LogP contribution < -0.4 is 15.6 Å². The molecule has 3 rings (SSSR count). The minimum absolute atomic E-state index is 0.0463. The van der Waals surface area contributed by atoms with Crippen molar-refractivity contribution in [3.8, 4) is 5.88 Å². The highest BCUT2D eigenvalue weighted by Gasteiger charge is 2.16. The number of hydrogen-bond acceptors (Lipinski definition) is 8. The van der Waals surface area contributed by atoms with Crippen molar-refractivity contribution in [3.05, 3.63) is 41.7 Å². The summed E-state index contributed by atoms with van der Waals surface area (Å²) >= 11 is 0. The van der Waals surface area contributed by atoms with Crippen molar-refractivity contribution in [1.82, 2.24) is 24.4 Å². The minimum atomic E-state index is -3.76. The molecule has 0 bridgehead atoms. The SMILES string of the molecule is CN(C)Cc1cccc(COc2nc(N)nc3c2ncn3CS(N)(=O)=O)c1. The normalized spacial score (nSPS) is 12.0. The van der Waals surface area contributed by atoms with Crippen molar-refractivity contribution < 1.29 is 13.2 Å². The Balaban J connectivity index is 1.85. The van der Waals surface area contributed by atoms with E-state index in [0.29, 0.717) is 5.52 Å². The van der Waals surface area contributed by atoms with Gasteiger partial charge in [0.25, 0.3) is 0 Å². The van der Waals surface area contributed by atoms with Crippen LogP contribution in [0, 0.1) is 0 Å². The number of nitrogens with zero attached hydrogens (tertiary/aromatic N) is 5. The van der Waals surface area contributed by atoms with Gasteiger partial charge in [0, 0.05) is 6.54 Å². The van der Waals surface area contributed by atoms with Crippen molar-refractivity contribution in [2.45, 2.75) is 19.0 Å². The quantitative estimate of drug-likeness (QED) is 0.585. The number of benzene rings is 1. The molecule has 2 aromatic heterocycles. The first-order valence-electron chi connectivity index (χ1n) is 8.05. The number of fused-ring (bicyclic) bond motifs is 1.